The first-order valence-corrected chi connectivity index (χ1v) is 6.44. The van der Waals surface area contributed by atoms with Gasteiger partial charge >= 0.3 is 0 Å². The zero-order chi connectivity index (χ0) is 14.1. The van der Waals surface area contributed by atoms with Gasteiger partial charge in [0, 0.05) is 22.8 Å². The Kier molecular flexibility index (Phi) is 3.20. The number of benzene rings is 2. The summed E-state index contributed by atoms with van der Waals surface area (Å²) >= 11 is 0. The number of pyridine rings is 1. The third-order valence-corrected chi connectivity index (χ3v) is 3.45. The Labute approximate surface area is 116 Å². The number of fused-ring (bicyclic) bond motifs is 1. The van der Waals surface area contributed by atoms with Crippen molar-refractivity contribution in [2.45, 2.75) is 13.0 Å². The molecule has 0 spiro atoms. The summed E-state index contributed by atoms with van der Waals surface area (Å²) in [7, 11) is 0. The molecule has 3 rings (SSSR count). The van der Waals surface area contributed by atoms with Crippen LogP contribution in [0.2, 0.25) is 0 Å². The molecule has 0 saturated carbocycles. The minimum absolute atomic E-state index is 0.279. The van der Waals surface area contributed by atoms with E-state index in [1.54, 1.807) is 24.4 Å². The van der Waals surface area contributed by atoms with Gasteiger partial charge < -0.3 is 5.11 Å². The van der Waals surface area contributed by atoms with Gasteiger partial charge in [-0.3, -0.25) is 4.98 Å². The average Bonchev–Trinajstić information content (AvgIpc) is 2.48. The molecule has 2 aromatic carbocycles. The standard InChI is InChI=1S/C17H14FNO/c1-11-6-7-12(10-19-11)17(20)15-8-9-16(18)14-5-3-2-4-13(14)15/h2-10,17,20H,1H3. The highest BCUT2D eigenvalue weighted by Crippen LogP contribution is 2.30. The Hall–Kier alpha value is -2.26. The lowest BCUT2D eigenvalue weighted by molar-refractivity contribution is 0.221. The van der Waals surface area contributed by atoms with E-state index in [-0.39, 0.29) is 5.82 Å². The van der Waals surface area contributed by atoms with Crippen molar-refractivity contribution in [1.82, 2.24) is 4.98 Å². The predicted molar refractivity (Wildman–Crippen MR) is 76.9 cm³/mol. The third-order valence-electron chi connectivity index (χ3n) is 3.45. The molecular weight excluding hydrogens is 253 g/mol. The van der Waals surface area contributed by atoms with Gasteiger partial charge in [-0.05, 0) is 30.0 Å². The van der Waals surface area contributed by atoms with E-state index in [0.717, 1.165) is 11.1 Å². The summed E-state index contributed by atoms with van der Waals surface area (Å²) in [5.41, 5.74) is 2.28. The Bertz CT molecular complexity index is 753. The monoisotopic (exact) mass is 267 g/mol. The predicted octanol–water partition coefficient (Wildman–Crippen LogP) is 3.76. The highest BCUT2D eigenvalue weighted by molar-refractivity contribution is 5.86. The zero-order valence-electron chi connectivity index (χ0n) is 11.0. The Morgan fingerprint density at radius 2 is 1.75 bits per heavy atom. The molecule has 3 aromatic rings. The van der Waals surface area contributed by atoms with E-state index in [1.807, 2.05) is 31.2 Å². The second-order valence-electron chi connectivity index (χ2n) is 4.82. The molecule has 100 valence electrons. The Morgan fingerprint density at radius 1 is 1.00 bits per heavy atom. The van der Waals surface area contributed by atoms with Crippen LogP contribution in [0.3, 0.4) is 0 Å². The minimum atomic E-state index is -0.811. The Balaban J connectivity index is 2.14. The third kappa shape index (κ3) is 2.17. The molecular formula is C17H14FNO. The van der Waals surface area contributed by atoms with Crippen LogP contribution in [0.4, 0.5) is 4.39 Å². The molecule has 1 aromatic heterocycles. The first kappa shape index (κ1) is 12.8. The van der Waals surface area contributed by atoms with E-state index in [9.17, 15) is 9.50 Å². The molecule has 0 saturated heterocycles. The van der Waals surface area contributed by atoms with Crippen molar-refractivity contribution >= 4 is 10.8 Å². The molecule has 1 N–H and O–H groups in total. The smallest absolute Gasteiger partial charge is 0.131 e. The summed E-state index contributed by atoms with van der Waals surface area (Å²) in [6.45, 7) is 1.89. The van der Waals surface area contributed by atoms with Crippen LogP contribution in [-0.4, -0.2) is 10.1 Å². The number of nitrogens with zero attached hydrogens (tertiary/aromatic N) is 1. The molecule has 0 amide bonds. The number of aliphatic hydroxyl groups excluding tert-OH is 1. The van der Waals surface area contributed by atoms with Crippen molar-refractivity contribution < 1.29 is 9.50 Å². The second kappa shape index (κ2) is 5.02. The van der Waals surface area contributed by atoms with Crippen LogP contribution in [0.1, 0.15) is 22.9 Å². The van der Waals surface area contributed by atoms with Crippen molar-refractivity contribution in [1.29, 1.82) is 0 Å². The molecule has 1 heterocycles. The summed E-state index contributed by atoms with van der Waals surface area (Å²) in [5.74, 6) is -0.279. The molecule has 20 heavy (non-hydrogen) atoms. The van der Waals surface area contributed by atoms with Crippen LogP contribution >= 0.6 is 0 Å². The normalized spacial score (nSPS) is 12.6. The van der Waals surface area contributed by atoms with Crippen molar-refractivity contribution in [3.8, 4) is 0 Å². The lowest BCUT2D eigenvalue weighted by Gasteiger charge is -2.14. The van der Waals surface area contributed by atoms with Crippen molar-refractivity contribution in [2.75, 3.05) is 0 Å². The molecule has 0 radical (unpaired) electrons. The largest absolute Gasteiger partial charge is 0.384 e. The summed E-state index contributed by atoms with van der Waals surface area (Å²) in [6, 6.07) is 13.9. The van der Waals surface area contributed by atoms with Crippen LogP contribution in [0.15, 0.2) is 54.7 Å². The molecule has 1 atom stereocenters. The summed E-state index contributed by atoms with van der Waals surface area (Å²) in [5, 5.41) is 11.7. The number of aryl methyl sites for hydroxylation is 1. The van der Waals surface area contributed by atoms with Gasteiger partial charge in [0.1, 0.15) is 11.9 Å². The van der Waals surface area contributed by atoms with E-state index in [2.05, 4.69) is 4.98 Å². The van der Waals surface area contributed by atoms with Crippen molar-refractivity contribution in [3.63, 3.8) is 0 Å². The van der Waals surface area contributed by atoms with E-state index < -0.39 is 6.10 Å². The number of rotatable bonds is 2. The second-order valence-corrected chi connectivity index (χ2v) is 4.82. The van der Waals surface area contributed by atoms with Crippen molar-refractivity contribution in [2.24, 2.45) is 0 Å². The van der Waals surface area contributed by atoms with Gasteiger partial charge in [0.25, 0.3) is 0 Å². The average molecular weight is 267 g/mol. The van der Waals surface area contributed by atoms with Crippen LogP contribution in [0.25, 0.3) is 10.8 Å². The maximum Gasteiger partial charge on any atom is 0.131 e. The van der Waals surface area contributed by atoms with E-state index in [4.69, 9.17) is 0 Å². The SMILES string of the molecule is Cc1ccc(C(O)c2ccc(F)c3ccccc23)cn1. The molecule has 2 nitrogen and oxygen atoms in total. The van der Waals surface area contributed by atoms with E-state index in [1.165, 1.54) is 6.07 Å². The molecule has 0 aliphatic rings. The van der Waals surface area contributed by atoms with Gasteiger partial charge in [-0.25, -0.2) is 4.39 Å². The molecule has 0 fully saturated rings. The first-order chi connectivity index (χ1) is 9.66. The Morgan fingerprint density at radius 3 is 2.45 bits per heavy atom. The van der Waals surface area contributed by atoms with Gasteiger partial charge in [0.15, 0.2) is 0 Å². The molecule has 3 heteroatoms. The number of hydrogen-bond donors (Lipinski definition) is 1. The molecule has 0 bridgehead atoms. The number of aromatic nitrogens is 1. The zero-order valence-corrected chi connectivity index (χ0v) is 11.0. The fourth-order valence-electron chi connectivity index (χ4n) is 2.34. The van der Waals surface area contributed by atoms with E-state index in [0.29, 0.717) is 16.5 Å². The molecule has 0 aliphatic carbocycles. The number of halogens is 1. The fraction of sp³-hybridized carbons (Fsp3) is 0.118. The van der Waals surface area contributed by atoms with Crippen LogP contribution < -0.4 is 0 Å². The quantitative estimate of drug-likeness (QED) is 0.766. The highest BCUT2D eigenvalue weighted by atomic mass is 19.1. The van der Waals surface area contributed by atoms with Crippen molar-refractivity contribution in [3.05, 3.63) is 77.4 Å². The summed E-state index contributed by atoms with van der Waals surface area (Å²) in [6.07, 6.45) is 0.839. The van der Waals surface area contributed by atoms with Gasteiger partial charge in [-0.1, -0.05) is 36.4 Å². The lowest BCUT2D eigenvalue weighted by atomic mass is 9.96. The van der Waals surface area contributed by atoms with Crippen LogP contribution in [0, 0.1) is 12.7 Å². The molecule has 1 unspecified atom stereocenters. The fourth-order valence-corrected chi connectivity index (χ4v) is 2.34. The van der Waals surface area contributed by atoms with E-state index >= 15 is 0 Å². The van der Waals surface area contributed by atoms with Crippen LogP contribution in [-0.2, 0) is 0 Å². The minimum Gasteiger partial charge on any atom is -0.384 e. The number of aliphatic hydroxyl groups is 1. The van der Waals surface area contributed by atoms with Crippen LogP contribution in [0.5, 0.6) is 0 Å². The maximum atomic E-state index is 13.8. The number of hydrogen-bond acceptors (Lipinski definition) is 2. The summed E-state index contributed by atoms with van der Waals surface area (Å²) < 4.78 is 13.8. The first-order valence-electron chi connectivity index (χ1n) is 6.44. The highest BCUT2D eigenvalue weighted by Gasteiger charge is 2.15. The topological polar surface area (TPSA) is 33.1 Å². The van der Waals surface area contributed by atoms with Gasteiger partial charge in [0.05, 0.1) is 0 Å². The van der Waals surface area contributed by atoms with Gasteiger partial charge in [0.2, 0.25) is 0 Å². The van der Waals surface area contributed by atoms with Gasteiger partial charge in [-0.15, -0.1) is 0 Å². The lowest BCUT2D eigenvalue weighted by Crippen LogP contribution is -2.02. The molecule has 0 aliphatic heterocycles. The summed E-state index contributed by atoms with van der Waals surface area (Å²) in [4.78, 5) is 4.19. The van der Waals surface area contributed by atoms with Gasteiger partial charge in [-0.2, -0.15) is 0 Å². The maximum absolute atomic E-state index is 13.8.